The van der Waals surface area contributed by atoms with Crippen LogP contribution in [-0.4, -0.2) is 61.0 Å². The van der Waals surface area contributed by atoms with Gasteiger partial charge < -0.3 is 4.74 Å². The van der Waals surface area contributed by atoms with Crippen LogP contribution in [0.25, 0.3) is 0 Å². The molecule has 0 N–H and O–H groups in total. The summed E-state index contributed by atoms with van der Waals surface area (Å²) in [5, 5.41) is 0. The van der Waals surface area contributed by atoms with Crippen molar-refractivity contribution >= 4 is 10.0 Å². The molecular weight excluding hydrogens is 398 g/mol. The van der Waals surface area contributed by atoms with Crippen molar-refractivity contribution in [1.29, 1.82) is 0 Å². The first kappa shape index (κ1) is 21.4. The Kier molecular flexibility index (Phi) is 7.15. The maximum Gasteiger partial charge on any atom is 0.218 e. The van der Waals surface area contributed by atoms with Gasteiger partial charge in [-0.2, -0.15) is 0 Å². The number of benzene rings is 1. The first-order chi connectivity index (χ1) is 14.6. The first-order valence-corrected chi connectivity index (χ1v) is 12.5. The Morgan fingerprint density at radius 1 is 0.867 bits per heavy atom. The fourth-order valence-corrected chi connectivity index (χ4v) is 5.91. The SMILES string of the molecule is O=S(=O)(Cc1ccccc1)N1CCC(OC2CCN(Cc3cccnc3)CC2)CC1. The van der Waals surface area contributed by atoms with E-state index >= 15 is 0 Å². The Hall–Kier alpha value is -1.80. The minimum absolute atomic E-state index is 0.0781. The Bertz CT molecular complexity index is 876. The van der Waals surface area contributed by atoms with E-state index in [0.29, 0.717) is 13.1 Å². The molecule has 0 bridgehead atoms. The number of nitrogens with zero attached hydrogens (tertiary/aromatic N) is 3. The van der Waals surface area contributed by atoms with E-state index in [0.717, 1.165) is 50.9 Å². The van der Waals surface area contributed by atoms with Crippen LogP contribution in [0.3, 0.4) is 0 Å². The summed E-state index contributed by atoms with van der Waals surface area (Å²) in [4.78, 5) is 6.64. The van der Waals surface area contributed by atoms with Gasteiger partial charge in [0.05, 0.1) is 18.0 Å². The van der Waals surface area contributed by atoms with Crippen LogP contribution in [0.2, 0.25) is 0 Å². The van der Waals surface area contributed by atoms with Gasteiger partial charge in [0, 0.05) is 45.1 Å². The van der Waals surface area contributed by atoms with Crippen molar-refractivity contribution in [3.63, 3.8) is 0 Å². The molecule has 0 amide bonds. The number of sulfonamides is 1. The molecule has 0 atom stereocenters. The van der Waals surface area contributed by atoms with Crippen LogP contribution in [-0.2, 0) is 27.1 Å². The number of pyridine rings is 1. The maximum atomic E-state index is 12.7. The second-order valence-electron chi connectivity index (χ2n) is 8.31. The van der Waals surface area contributed by atoms with Crippen LogP contribution in [0.1, 0.15) is 36.8 Å². The summed E-state index contributed by atoms with van der Waals surface area (Å²) in [7, 11) is -3.26. The van der Waals surface area contributed by atoms with Crippen LogP contribution in [0, 0.1) is 0 Å². The van der Waals surface area contributed by atoms with E-state index in [-0.39, 0.29) is 18.0 Å². The van der Waals surface area contributed by atoms with Crippen molar-refractivity contribution in [3.05, 3.63) is 66.0 Å². The molecule has 6 nitrogen and oxygen atoms in total. The molecule has 1 aromatic heterocycles. The van der Waals surface area contributed by atoms with Crippen molar-refractivity contribution in [2.24, 2.45) is 0 Å². The van der Waals surface area contributed by atoms with Gasteiger partial charge in [0.1, 0.15) is 0 Å². The van der Waals surface area contributed by atoms with Gasteiger partial charge in [0.2, 0.25) is 10.0 Å². The van der Waals surface area contributed by atoms with Crippen LogP contribution in [0.15, 0.2) is 54.9 Å². The highest BCUT2D eigenvalue weighted by molar-refractivity contribution is 7.88. The van der Waals surface area contributed by atoms with Crippen LogP contribution >= 0.6 is 0 Å². The lowest BCUT2D eigenvalue weighted by Gasteiger charge is -2.36. The summed E-state index contributed by atoms with van der Waals surface area (Å²) in [5.41, 5.74) is 2.09. The monoisotopic (exact) mass is 429 g/mol. The summed E-state index contributed by atoms with van der Waals surface area (Å²) >= 11 is 0. The average molecular weight is 430 g/mol. The molecule has 30 heavy (non-hydrogen) atoms. The summed E-state index contributed by atoms with van der Waals surface area (Å²) < 4.78 is 33.4. The number of aromatic nitrogens is 1. The molecule has 0 radical (unpaired) electrons. The highest BCUT2D eigenvalue weighted by atomic mass is 32.2. The zero-order chi connectivity index (χ0) is 20.8. The fraction of sp³-hybridized carbons (Fsp3) is 0.522. The predicted molar refractivity (Wildman–Crippen MR) is 117 cm³/mol. The fourth-order valence-electron chi connectivity index (χ4n) is 4.35. The van der Waals surface area contributed by atoms with Crippen LogP contribution < -0.4 is 0 Å². The number of hydrogen-bond acceptors (Lipinski definition) is 5. The van der Waals surface area contributed by atoms with E-state index in [1.807, 2.05) is 48.8 Å². The summed E-state index contributed by atoms with van der Waals surface area (Å²) in [5.74, 6) is 0.0781. The quantitative estimate of drug-likeness (QED) is 0.677. The smallest absolute Gasteiger partial charge is 0.218 e. The zero-order valence-corrected chi connectivity index (χ0v) is 18.2. The molecule has 1 aromatic carbocycles. The molecule has 2 aromatic rings. The highest BCUT2D eigenvalue weighted by Crippen LogP contribution is 2.24. The van der Waals surface area contributed by atoms with E-state index in [9.17, 15) is 8.42 Å². The second-order valence-corrected chi connectivity index (χ2v) is 10.3. The summed E-state index contributed by atoms with van der Waals surface area (Å²) in [6.45, 7) is 4.12. The third-order valence-corrected chi connectivity index (χ3v) is 7.88. The molecule has 0 unspecified atom stereocenters. The van der Waals surface area contributed by atoms with Crippen molar-refractivity contribution in [2.45, 2.75) is 50.2 Å². The van der Waals surface area contributed by atoms with Crippen molar-refractivity contribution in [2.75, 3.05) is 26.2 Å². The van der Waals surface area contributed by atoms with Crippen molar-refractivity contribution in [1.82, 2.24) is 14.2 Å². The molecular formula is C23H31N3O3S. The van der Waals surface area contributed by atoms with Gasteiger partial charge in [-0.05, 0) is 42.9 Å². The maximum absolute atomic E-state index is 12.7. The molecule has 162 valence electrons. The average Bonchev–Trinajstić information content (AvgIpc) is 2.77. The summed E-state index contributed by atoms with van der Waals surface area (Å²) in [6, 6.07) is 13.5. The van der Waals surface area contributed by atoms with Gasteiger partial charge in [-0.25, -0.2) is 12.7 Å². The molecule has 0 saturated carbocycles. The Morgan fingerprint density at radius 3 is 2.13 bits per heavy atom. The molecule has 7 heteroatoms. The van der Waals surface area contributed by atoms with Crippen molar-refractivity contribution < 1.29 is 13.2 Å². The number of hydrogen-bond donors (Lipinski definition) is 0. The van der Waals surface area contributed by atoms with Crippen LogP contribution in [0.4, 0.5) is 0 Å². The molecule has 2 aliphatic rings. The van der Waals surface area contributed by atoms with E-state index < -0.39 is 10.0 Å². The van der Waals surface area contributed by atoms with Gasteiger partial charge in [0.15, 0.2) is 0 Å². The minimum Gasteiger partial charge on any atom is -0.375 e. The van der Waals surface area contributed by atoms with Gasteiger partial charge in [-0.1, -0.05) is 36.4 Å². The molecule has 0 spiro atoms. The molecule has 2 saturated heterocycles. The van der Waals surface area contributed by atoms with Crippen molar-refractivity contribution in [3.8, 4) is 0 Å². The second kappa shape index (κ2) is 10.0. The number of ether oxygens (including phenoxy) is 1. The minimum atomic E-state index is -3.26. The van der Waals surface area contributed by atoms with Gasteiger partial charge in [-0.15, -0.1) is 0 Å². The normalized spacial score (nSPS) is 20.4. The number of likely N-dealkylation sites (tertiary alicyclic amines) is 1. The van der Waals surface area contributed by atoms with E-state index in [4.69, 9.17) is 4.74 Å². The Morgan fingerprint density at radius 2 is 1.50 bits per heavy atom. The first-order valence-electron chi connectivity index (χ1n) is 10.9. The molecule has 0 aliphatic carbocycles. The van der Waals surface area contributed by atoms with E-state index in [1.54, 1.807) is 4.31 Å². The van der Waals surface area contributed by atoms with E-state index in [1.165, 1.54) is 5.56 Å². The van der Waals surface area contributed by atoms with Gasteiger partial charge in [0.25, 0.3) is 0 Å². The lowest BCUT2D eigenvalue weighted by Crippen LogP contribution is -2.44. The Labute approximate surface area is 179 Å². The molecule has 2 fully saturated rings. The number of piperidine rings is 2. The highest BCUT2D eigenvalue weighted by Gasteiger charge is 2.30. The lowest BCUT2D eigenvalue weighted by atomic mass is 10.0. The van der Waals surface area contributed by atoms with Gasteiger partial charge >= 0.3 is 0 Å². The number of rotatable bonds is 7. The third kappa shape index (κ3) is 5.88. The predicted octanol–water partition coefficient (Wildman–Crippen LogP) is 3.06. The standard InChI is InChI=1S/C23H31N3O3S/c27-30(28,19-20-5-2-1-3-6-20)26-15-10-23(11-16-26)29-22-8-13-25(14-9-22)18-21-7-4-12-24-17-21/h1-7,12,17,22-23H,8-11,13-16,18-19H2. The molecule has 2 aliphatic heterocycles. The topological polar surface area (TPSA) is 62.7 Å². The summed E-state index contributed by atoms with van der Waals surface area (Å²) in [6.07, 6.45) is 7.83. The van der Waals surface area contributed by atoms with Gasteiger partial charge in [-0.3, -0.25) is 9.88 Å². The van der Waals surface area contributed by atoms with E-state index in [2.05, 4.69) is 16.0 Å². The van der Waals surface area contributed by atoms with Crippen LogP contribution in [0.5, 0.6) is 0 Å². The largest absolute Gasteiger partial charge is 0.375 e. The molecule has 3 heterocycles. The zero-order valence-electron chi connectivity index (χ0n) is 17.4. The lowest BCUT2D eigenvalue weighted by molar-refractivity contribution is -0.0595. The third-order valence-electron chi connectivity index (χ3n) is 6.03. The Balaban J connectivity index is 1.19. The molecule has 4 rings (SSSR count).